The standard InChI is InChI=1S/C25H29ClN8O/c26-19-3-1-2-18(23(19)35)21-12-22(24(27)32-31-21)33-13-16-4-5-17(14-33)34(16)25-29-11-8-20(30-25)15-6-9-28-10-7-15/h1-3,8,11-12,15-17,28,35H,4-7,9-10,13-14H2,(H2,27,32)/t16-,17+. The molecular formula is C25H29ClN8O. The average Bonchev–Trinajstić information content (AvgIpc) is 3.16. The zero-order valence-electron chi connectivity index (χ0n) is 19.4. The molecule has 0 amide bonds. The first-order chi connectivity index (χ1) is 17.1. The Hall–Kier alpha value is -3.17. The normalized spacial score (nSPS) is 22.5. The van der Waals surface area contributed by atoms with Crippen molar-refractivity contribution in [2.24, 2.45) is 0 Å². The van der Waals surface area contributed by atoms with Crippen LogP contribution in [0, 0.1) is 0 Å². The summed E-state index contributed by atoms with van der Waals surface area (Å²) in [6.45, 7) is 3.69. The summed E-state index contributed by atoms with van der Waals surface area (Å²) < 4.78 is 0. The van der Waals surface area contributed by atoms with Crippen molar-refractivity contribution >= 4 is 29.1 Å². The number of phenols is 1. The highest BCUT2D eigenvalue weighted by atomic mass is 35.5. The van der Waals surface area contributed by atoms with Gasteiger partial charge in [-0.3, -0.25) is 0 Å². The van der Waals surface area contributed by atoms with E-state index in [-0.39, 0.29) is 10.8 Å². The van der Waals surface area contributed by atoms with Crippen LogP contribution in [0.15, 0.2) is 36.5 Å². The number of para-hydroxylation sites is 1. The van der Waals surface area contributed by atoms with Gasteiger partial charge in [-0.05, 0) is 63.0 Å². The molecule has 10 heteroatoms. The van der Waals surface area contributed by atoms with Gasteiger partial charge in [0.05, 0.1) is 16.4 Å². The molecule has 3 aliphatic rings. The fourth-order valence-corrected chi connectivity index (χ4v) is 5.93. The number of nitrogen functional groups attached to an aromatic ring is 1. The lowest BCUT2D eigenvalue weighted by Gasteiger charge is -2.42. The molecule has 2 bridgehead atoms. The number of aromatic nitrogens is 4. The number of phenolic OH excluding ortho intramolecular Hbond substituents is 1. The maximum atomic E-state index is 10.4. The minimum atomic E-state index is -0.00476. The summed E-state index contributed by atoms with van der Waals surface area (Å²) in [6, 6.07) is 9.78. The highest BCUT2D eigenvalue weighted by Gasteiger charge is 2.42. The number of hydrogen-bond acceptors (Lipinski definition) is 9. The Kier molecular flexibility index (Phi) is 5.82. The largest absolute Gasteiger partial charge is 0.506 e. The average molecular weight is 493 g/mol. The summed E-state index contributed by atoms with van der Waals surface area (Å²) >= 11 is 6.11. The van der Waals surface area contributed by atoms with E-state index in [1.165, 1.54) is 0 Å². The van der Waals surface area contributed by atoms with Crippen molar-refractivity contribution < 1.29 is 5.11 Å². The highest BCUT2D eigenvalue weighted by molar-refractivity contribution is 6.32. The second-order valence-corrected chi connectivity index (χ2v) is 10.0. The number of fused-ring (bicyclic) bond motifs is 2. The van der Waals surface area contributed by atoms with E-state index in [2.05, 4.69) is 36.4 Å². The molecule has 4 N–H and O–H groups in total. The molecule has 0 saturated carbocycles. The van der Waals surface area contributed by atoms with E-state index in [0.717, 1.165) is 69.2 Å². The maximum Gasteiger partial charge on any atom is 0.226 e. The van der Waals surface area contributed by atoms with Crippen LogP contribution in [0.3, 0.4) is 0 Å². The third kappa shape index (κ3) is 4.12. The van der Waals surface area contributed by atoms with Crippen LogP contribution in [0.1, 0.15) is 37.3 Å². The van der Waals surface area contributed by atoms with E-state index >= 15 is 0 Å². The molecule has 3 fully saturated rings. The SMILES string of the molecule is Nc1nnc(-c2cccc(Cl)c2O)cc1N1C[C@H]2CC[C@@H](C1)N2c1nccc(C2CCNCC2)n1. The van der Waals surface area contributed by atoms with Crippen LogP contribution in [0.4, 0.5) is 17.5 Å². The fourth-order valence-electron chi connectivity index (χ4n) is 5.76. The minimum Gasteiger partial charge on any atom is -0.506 e. The van der Waals surface area contributed by atoms with E-state index in [4.69, 9.17) is 22.3 Å². The molecule has 9 nitrogen and oxygen atoms in total. The summed E-state index contributed by atoms with van der Waals surface area (Å²) in [6.07, 6.45) is 6.33. The van der Waals surface area contributed by atoms with Gasteiger partial charge in [0.25, 0.3) is 0 Å². The Labute approximate surface area is 209 Å². The highest BCUT2D eigenvalue weighted by Crippen LogP contribution is 2.39. The van der Waals surface area contributed by atoms with Crippen LogP contribution in [0.25, 0.3) is 11.3 Å². The molecule has 3 aromatic rings. The zero-order valence-corrected chi connectivity index (χ0v) is 20.2. The van der Waals surface area contributed by atoms with E-state index in [1.54, 1.807) is 18.2 Å². The zero-order chi connectivity index (χ0) is 23.9. The van der Waals surface area contributed by atoms with Crippen molar-refractivity contribution in [2.75, 3.05) is 41.7 Å². The molecule has 1 aromatic carbocycles. The second-order valence-electron chi connectivity index (χ2n) is 9.64. The first kappa shape index (κ1) is 22.3. The number of anilines is 3. The van der Waals surface area contributed by atoms with Gasteiger partial charge in [0.15, 0.2) is 5.82 Å². The number of aromatic hydroxyl groups is 1. The summed E-state index contributed by atoms with van der Waals surface area (Å²) in [7, 11) is 0. The summed E-state index contributed by atoms with van der Waals surface area (Å²) in [5.74, 6) is 1.72. The number of benzene rings is 1. The second kappa shape index (κ2) is 9.13. The molecule has 0 spiro atoms. The van der Waals surface area contributed by atoms with Gasteiger partial charge in [-0.15, -0.1) is 10.2 Å². The predicted molar refractivity (Wildman–Crippen MR) is 137 cm³/mol. The van der Waals surface area contributed by atoms with Crippen LogP contribution < -0.4 is 20.9 Å². The molecule has 3 aliphatic heterocycles. The number of halogens is 1. The van der Waals surface area contributed by atoms with Crippen molar-refractivity contribution in [1.82, 2.24) is 25.5 Å². The lowest BCUT2D eigenvalue weighted by atomic mass is 9.94. The van der Waals surface area contributed by atoms with Gasteiger partial charge in [-0.25, -0.2) is 9.97 Å². The van der Waals surface area contributed by atoms with Crippen molar-refractivity contribution in [2.45, 2.75) is 43.7 Å². The molecule has 2 atom stereocenters. The number of nitrogens with one attached hydrogen (secondary N) is 1. The molecule has 182 valence electrons. The minimum absolute atomic E-state index is 0.00476. The first-order valence-electron chi connectivity index (χ1n) is 12.3. The van der Waals surface area contributed by atoms with Gasteiger partial charge in [-0.1, -0.05) is 17.7 Å². The van der Waals surface area contributed by atoms with Crippen molar-refractivity contribution in [3.8, 4) is 17.0 Å². The lowest BCUT2D eigenvalue weighted by molar-refractivity contribution is 0.451. The van der Waals surface area contributed by atoms with Crippen LogP contribution in [-0.2, 0) is 0 Å². The van der Waals surface area contributed by atoms with Crippen LogP contribution in [0.5, 0.6) is 5.75 Å². The van der Waals surface area contributed by atoms with Crippen molar-refractivity contribution in [3.05, 3.63) is 47.2 Å². The van der Waals surface area contributed by atoms with Gasteiger partial charge >= 0.3 is 0 Å². The molecule has 0 radical (unpaired) electrons. The lowest BCUT2D eigenvalue weighted by Crippen LogP contribution is -2.54. The third-order valence-corrected chi connectivity index (χ3v) is 7.84. The smallest absolute Gasteiger partial charge is 0.226 e. The number of piperazine rings is 1. The van der Waals surface area contributed by atoms with Gasteiger partial charge in [0, 0.05) is 48.5 Å². The first-order valence-corrected chi connectivity index (χ1v) is 12.6. The monoisotopic (exact) mass is 492 g/mol. The van der Waals surface area contributed by atoms with E-state index < -0.39 is 0 Å². The maximum absolute atomic E-state index is 10.4. The Bertz CT molecular complexity index is 1220. The quantitative estimate of drug-likeness (QED) is 0.504. The number of nitrogens with two attached hydrogens (primary N) is 1. The number of rotatable bonds is 4. The number of piperidine rings is 1. The molecule has 6 rings (SSSR count). The molecular weight excluding hydrogens is 464 g/mol. The number of nitrogens with zero attached hydrogens (tertiary/aromatic N) is 6. The van der Waals surface area contributed by atoms with Gasteiger partial charge < -0.3 is 26.0 Å². The Morgan fingerprint density at radius 2 is 1.80 bits per heavy atom. The molecule has 5 heterocycles. The Balaban J connectivity index is 1.26. The summed E-state index contributed by atoms with van der Waals surface area (Å²) in [4.78, 5) is 14.4. The Morgan fingerprint density at radius 3 is 2.57 bits per heavy atom. The summed E-state index contributed by atoms with van der Waals surface area (Å²) in [5.41, 5.74) is 9.35. The van der Waals surface area contributed by atoms with E-state index in [1.807, 2.05) is 12.3 Å². The number of hydrogen-bond donors (Lipinski definition) is 3. The predicted octanol–water partition coefficient (Wildman–Crippen LogP) is 3.20. The molecule has 3 saturated heterocycles. The molecule has 0 aliphatic carbocycles. The Morgan fingerprint density at radius 1 is 1.03 bits per heavy atom. The van der Waals surface area contributed by atoms with Gasteiger partial charge in [-0.2, -0.15) is 0 Å². The fraction of sp³-hybridized carbons (Fsp3) is 0.440. The van der Waals surface area contributed by atoms with Crippen LogP contribution in [0.2, 0.25) is 5.02 Å². The third-order valence-electron chi connectivity index (χ3n) is 7.54. The summed E-state index contributed by atoms with van der Waals surface area (Å²) in [5, 5.41) is 22.6. The molecule has 0 unspecified atom stereocenters. The van der Waals surface area contributed by atoms with Gasteiger partial charge in [0.2, 0.25) is 5.95 Å². The molecule has 35 heavy (non-hydrogen) atoms. The van der Waals surface area contributed by atoms with E-state index in [9.17, 15) is 5.11 Å². The van der Waals surface area contributed by atoms with E-state index in [0.29, 0.717) is 35.1 Å². The van der Waals surface area contributed by atoms with Crippen LogP contribution >= 0.6 is 11.6 Å². The molecule has 2 aromatic heterocycles. The van der Waals surface area contributed by atoms with Crippen molar-refractivity contribution in [3.63, 3.8) is 0 Å². The topological polar surface area (TPSA) is 116 Å². The van der Waals surface area contributed by atoms with Crippen LogP contribution in [-0.4, -0.2) is 63.5 Å². The van der Waals surface area contributed by atoms with Crippen molar-refractivity contribution in [1.29, 1.82) is 0 Å². The van der Waals surface area contributed by atoms with Gasteiger partial charge in [0.1, 0.15) is 5.75 Å².